The smallest absolute Gasteiger partial charge is 0.243 e. The Hall–Kier alpha value is -2.08. The summed E-state index contributed by atoms with van der Waals surface area (Å²) < 4.78 is 15.9. The highest BCUT2D eigenvalue weighted by Crippen LogP contribution is 2.24. The number of hydrogen-bond donors (Lipinski definition) is 1. The molecule has 2 rings (SSSR count). The van der Waals surface area contributed by atoms with Gasteiger partial charge in [-0.15, -0.1) is 0 Å². The second-order valence-electron chi connectivity index (χ2n) is 6.53. The molecular weight excluding hydrogens is 294 g/mol. The van der Waals surface area contributed by atoms with E-state index in [0.29, 0.717) is 18.3 Å². The van der Waals surface area contributed by atoms with Crippen LogP contribution in [-0.4, -0.2) is 24.4 Å². The van der Waals surface area contributed by atoms with Crippen molar-refractivity contribution in [3.05, 3.63) is 35.5 Å². The highest BCUT2D eigenvalue weighted by molar-refractivity contribution is 5.38. The van der Waals surface area contributed by atoms with E-state index in [0.717, 1.165) is 17.1 Å². The van der Waals surface area contributed by atoms with Gasteiger partial charge in [-0.2, -0.15) is 4.98 Å². The first-order chi connectivity index (χ1) is 10.8. The Kier molecular flexibility index (Phi) is 5.26. The quantitative estimate of drug-likeness (QED) is 0.881. The molecule has 0 aliphatic heterocycles. The van der Waals surface area contributed by atoms with Crippen molar-refractivity contribution in [2.45, 2.75) is 45.7 Å². The summed E-state index contributed by atoms with van der Waals surface area (Å²) >= 11 is 0. The SMILES string of the molecule is COc1cc(CNC(C)c2nc(C(C)(C)C)no2)cc(OC)c1. The third-order valence-corrected chi connectivity index (χ3v) is 3.51. The zero-order valence-electron chi connectivity index (χ0n) is 14.6. The molecule has 2 aromatic rings. The van der Waals surface area contributed by atoms with Crippen LogP contribution < -0.4 is 14.8 Å². The highest BCUT2D eigenvalue weighted by atomic mass is 16.5. The molecule has 0 aliphatic rings. The standard InChI is InChI=1S/C17H25N3O3/c1-11(15-19-16(20-23-15)17(2,3)4)18-10-12-7-13(21-5)9-14(8-12)22-6/h7-9,11,18H,10H2,1-6H3. The van der Waals surface area contributed by atoms with Gasteiger partial charge in [-0.05, 0) is 24.6 Å². The molecule has 0 spiro atoms. The molecule has 23 heavy (non-hydrogen) atoms. The van der Waals surface area contributed by atoms with Crippen LogP contribution in [0.1, 0.15) is 51.0 Å². The number of nitrogens with zero attached hydrogens (tertiary/aromatic N) is 2. The van der Waals surface area contributed by atoms with Gasteiger partial charge in [-0.1, -0.05) is 25.9 Å². The van der Waals surface area contributed by atoms with Crippen LogP contribution in [0.5, 0.6) is 11.5 Å². The number of aromatic nitrogens is 2. The van der Waals surface area contributed by atoms with Gasteiger partial charge in [-0.3, -0.25) is 0 Å². The zero-order valence-corrected chi connectivity index (χ0v) is 14.6. The molecule has 0 saturated heterocycles. The summed E-state index contributed by atoms with van der Waals surface area (Å²) in [6.07, 6.45) is 0. The molecule has 0 radical (unpaired) electrons. The summed E-state index contributed by atoms with van der Waals surface area (Å²) in [4.78, 5) is 4.47. The Bertz CT molecular complexity index is 625. The van der Waals surface area contributed by atoms with Gasteiger partial charge in [-0.25, -0.2) is 0 Å². The minimum absolute atomic E-state index is 0.0456. The van der Waals surface area contributed by atoms with E-state index < -0.39 is 0 Å². The third-order valence-electron chi connectivity index (χ3n) is 3.51. The molecular formula is C17H25N3O3. The molecule has 1 aromatic carbocycles. The van der Waals surface area contributed by atoms with Gasteiger partial charge in [0.05, 0.1) is 20.3 Å². The van der Waals surface area contributed by atoms with Crippen molar-refractivity contribution in [3.8, 4) is 11.5 Å². The molecule has 0 aliphatic carbocycles. The van der Waals surface area contributed by atoms with Crippen LogP contribution in [0.15, 0.2) is 22.7 Å². The molecule has 126 valence electrons. The van der Waals surface area contributed by atoms with Gasteiger partial charge in [0.25, 0.3) is 0 Å². The lowest BCUT2D eigenvalue weighted by molar-refractivity contribution is 0.330. The third kappa shape index (κ3) is 4.45. The molecule has 1 N–H and O–H groups in total. The minimum atomic E-state index is -0.123. The van der Waals surface area contributed by atoms with E-state index in [1.807, 2.05) is 25.1 Å². The molecule has 1 atom stereocenters. The summed E-state index contributed by atoms with van der Waals surface area (Å²) in [7, 11) is 3.28. The van der Waals surface area contributed by atoms with Crippen LogP contribution in [0, 0.1) is 0 Å². The van der Waals surface area contributed by atoms with Gasteiger partial charge in [0.15, 0.2) is 5.82 Å². The Morgan fingerprint density at radius 3 is 2.22 bits per heavy atom. The van der Waals surface area contributed by atoms with Gasteiger partial charge in [0.1, 0.15) is 11.5 Å². The van der Waals surface area contributed by atoms with E-state index in [1.165, 1.54) is 0 Å². The lowest BCUT2D eigenvalue weighted by atomic mass is 9.96. The van der Waals surface area contributed by atoms with Crippen molar-refractivity contribution >= 4 is 0 Å². The Morgan fingerprint density at radius 1 is 1.13 bits per heavy atom. The van der Waals surface area contributed by atoms with Crippen LogP contribution in [0.3, 0.4) is 0 Å². The lowest BCUT2D eigenvalue weighted by Gasteiger charge is -2.13. The Labute approximate surface area is 137 Å². The minimum Gasteiger partial charge on any atom is -0.497 e. The fraction of sp³-hybridized carbons (Fsp3) is 0.529. The summed E-state index contributed by atoms with van der Waals surface area (Å²) in [5, 5.41) is 7.43. The fourth-order valence-electron chi connectivity index (χ4n) is 2.04. The van der Waals surface area contributed by atoms with Crippen molar-refractivity contribution in [1.29, 1.82) is 0 Å². The predicted octanol–water partition coefficient (Wildman–Crippen LogP) is 3.24. The summed E-state index contributed by atoms with van der Waals surface area (Å²) in [6.45, 7) is 8.81. The molecule has 0 fully saturated rings. The second kappa shape index (κ2) is 7.00. The van der Waals surface area contributed by atoms with E-state index >= 15 is 0 Å². The van der Waals surface area contributed by atoms with Crippen LogP contribution in [-0.2, 0) is 12.0 Å². The van der Waals surface area contributed by atoms with Crippen molar-refractivity contribution in [3.63, 3.8) is 0 Å². The van der Waals surface area contributed by atoms with Crippen molar-refractivity contribution < 1.29 is 14.0 Å². The Balaban J connectivity index is 2.04. The van der Waals surface area contributed by atoms with Gasteiger partial charge in [0.2, 0.25) is 5.89 Å². The molecule has 0 bridgehead atoms. The first kappa shape index (κ1) is 17.3. The number of ether oxygens (including phenoxy) is 2. The average molecular weight is 319 g/mol. The van der Waals surface area contributed by atoms with Crippen LogP contribution in [0.4, 0.5) is 0 Å². The van der Waals surface area contributed by atoms with E-state index in [9.17, 15) is 0 Å². The van der Waals surface area contributed by atoms with E-state index in [1.54, 1.807) is 14.2 Å². The first-order valence-electron chi connectivity index (χ1n) is 7.63. The molecule has 0 amide bonds. The summed E-state index contributed by atoms with van der Waals surface area (Å²) in [5.41, 5.74) is 0.936. The zero-order chi connectivity index (χ0) is 17.0. The van der Waals surface area contributed by atoms with Crippen LogP contribution in [0.2, 0.25) is 0 Å². The van der Waals surface area contributed by atoms with Crippen LogP contribution in [0.25, 0.3) is 0 Å². The highest BCUT2D eigenvalue weighted by Gasteiger charge is 2.22. The summed E-state index contributed by atoms with van der Waals surface area (Å²) in [6, 6.07) is 5.74. The van der Waals surface area contributed by atoms with Crippen molar-refractivity contribution in [2.24, 2.45) is 0 Å². The molecule has 1 heterocycles. The lowest BCUT2D eigenvalue weighted by Crippen LogP contribution is -2.19. The van der Waals surface area contributed by atoms with Gasteiger partial charge < -0.3 is 19.3 Å². The Morgan fingerprint density at radius 2 is 1.74 bits per heavy atom. The summed E-state index contributed by atoms with van der Waals surface area (Å²) in [5.74, 6) is 2.83. The molecule has 1 aromatic heterocycles. The maximum Gasteiger partial charge on any atom is 0.243 e. The van der Waals surface area contributed by atoms with Gasteiger partial charge >= 0.3 is 0 Å². The van der Waals surface area contributed by atoms with Crippen molar-refractivity contribution in [1.82, 2.24) is 15.5 Å². The molecule has 0 saturated carbocycles. The average Bonchev–Trinajstić information content (AvgIpc) is 3.02. The van der Waals surface area contributed by atoms with Gasteiger partial charge in [0, 0.05) is 18.0 Å². The second-order valence-corrected chi connectivity index (χ2v) is 6.53. The maximum atomic E-state index is 5.36. The first-order valence-corrected chi connectivity index (χ1v) is 7.63. The van der Waals surface area contributed by atoms with E-state index in [-0.39, 0.29) is 11.5 Å². The maximum absolute atomic E-state index is 5.36. The number of nitrogens with one attached hydrogen (secondary N) is 1. The molecule has 1 unspecified atom stereocenters. The number of benzene rings is 1. The van der Waals surface area contributed by atoms with Crippen molar-refractivity contribution in [2.75, 3.05) is 14.2 Å². The molecule has 6 heteroatoms. The monoisotopic (exact) mass is 319 g/mol. The van der Waals surface area contributed by atoms with Crippen LogP contribution >= 0.6 is 0 Å². The van der Waals surface area contributed by atoms with E-state index in [2.05, 4.69) is 36.2 Å². The largest absolute Gasteiger partial charge is 0.497 e. The van der Waals surface area contributed by atoms with E-state index in [4.69, 9.17) is 14.0 Å². The fourth-order valence-corrected chi connectivity index (χ4v) is 2.04. The number of methoxy groups -OCH3 is 2. The predicted molar refractivity (Wildman–Crippen MR) is 87.8 cm³/mol. The number of rotatable bonds is 6. The normalized spacial score (nSPS) is 13.0. The topological polar surface area (TPSA) is 69.4 Å². The molecule has 6 nitrogen and oxygen atoms in total. The number of hydrogen-bond acceptors (Lipinski definition) is 6.